The highest BCUT2D eigenvalue weighted by Gasteiger charge is 2.30. The van der Waals surface area contributed by atoms with Gasteiger partial charge in [0.05, 0.1) is 22.5 Å². The van der Waals surface area contributed by atoms with Crippen LogP contribution in [0.5, 0.6) is 5.75 Å². The van der Waals surface area contributed by atoms with Crippen molar-refractivity contribution >= 4 is 37.4 Å². The highest BCUT2D eigenvalue weighted by Crippen LogP contribution is 2.30. The van der Waals surface area contributed by atoms with Crippen LogP contribution in [0, 0.1) is 6.92 Å². The molecule has 0 radical (unpaired) electrons. The number of nitrogens with one attached hydrogen (secondary N) is 2. The number of rotatable bonds is 7. The summed E-state index contributed by atoms with van der Waals surface area (Å²) < 4.78 is 91.2. The van der Waals surface area contributed by atoms with Gasteiger partial charge in [0, 0.05) is 11.4 Å². The number of carbonyl (C=O) groups excluding carboxylic acids is 1. The molecule has 0 aliphatic carbocycles. The Labute approximate surface area is 206 Å². The molecule has 0 aliphatic rings. The van der Waals surface area contributed by atoms with Gasteiger partial charge in [0.1, 0.15) is 5.75 Å². The number of amides is 2. The number of hydrogen-bond acceptors (Lipinski definition) is 6. The molecule has 0 bridgehead atoms. The number of alkyl halides is 3. The lowest BCUT2D eigenvalue weighted by atomic mass is 10.2. The summed E-state index contributed by atoms with van der Waals surface area (Å²) >= 11 is 0. The van der Waals surface area contributed by atoms with Crippen LogP contribution in [-0.4, -0.2) is 29.1 Å². The molecule has 0 aliphatic heterocycles. The molecule has 0 spiro atoms. The number of benzene rings is 3. The van der Waals surface area contributed by atoms with Crippen molar-refractivity contribution in [3.05, 3.63) is 83.4 Å². The minimum Gasteiger partial charge on any atom is -0.383 e. The average Bonchev–Trinajstić information content (AvgIpc) is 2.75. The van der Waals surface area contributed by atoms with Crippen molar-refractivity contribution in [1.29, 1.82) is 0 Å². The molecule has 0 heterocycles. The predicted molar refractivity (Wildman–Crippen MR) is 128 cm³/mol. The van der Waals surface area contributed by atoms with E-state index >= 15 is 0 Å². The maximum atomic E-state index is 13.0. The molecular formula is C23H21F3N2O6S2. The van der Waals surface area contributed by atoms with Gasteiger partial charge in [-0.1, -0.05) is 18.2 Å². The van der Waals surface area contributed by atoms with E-state index in [4.69, 9.17) is 4.18 Å². The number of halogens is 3. The number of sulfone groups is 1. The van der Waals surface area contributed by atoms with E-state index in [-0.39, 0.29) is 22.0 Å². The lowest BCUT2D eigenvalue weighted by Crippen LogP contribution is -2.20. The van der Waals surface area contributed by atoms with E-state index < -0.39 is 43.5 Å². The molecule has 2 amide bonds. The van der Waals surface area contributed by atoms with Crippen molar-refractivity contribution in [2.45, 2.75) is 23.7 Å². The van der Waals surface area contributed by atoms with Gasteiger partial charge in [0.2, 0.25) is 0 Å². The highest BCUT2D eigenvalue weighted by molar-refractivity contribution is 7.90. The van der Waals surface area contributed by atoms with Crippen LogP contribution in [-0.2, 0) is 31.9 Å². The summed E-state index contributed by atoms with van der Waals surface area (Å²) in [7, 11) is -7.58. The third-order valence-corrected chi connectivity index (χ3v) is 7.10. The van der Waals surface area contributed by atoms with Gasteiger partial charge in [0.15, 0.2) is 9.84 Å². The van der Waals surface area contributed by atoms with Crippen LogP contribution in [0.2, 0.25) is 0 Å². The summed E-state index contributed by atoms with van der Waals surface area (Å²) in [6, 6.07) is 12.9. The van der Waals surface area contributed by atoms with E-state index in [9.17, 15) is 34.8 Å². The van der Waals surface area contributed by atoms with E-state index in [1.165, 1.54) is 42.5 Å². The third kappa shape index (κ3) is 7.46. The molecule has 8 nitrogen and oxygen atoms in total. The fourth-order valence-corrected chi connectivity index (χ4v) is 5.27. The van der Waals surface area contributed by atoms with Crippen LogP contribution in [0.4, 0.5) is 29.3 Å². The molecule has 0 saturated heterocycles. The van der Waals surface area contributed by atoms with E-state index in [0.717, 1.165) is 30.5 Å². The second-order valence-corrected chi connectivity index (χ2v) is 11.4. The lowest BCUT2D eigenvalue weighted by Gasteiger charge is -2.13. The normalized spacial score (nSPS) is 12.1. The van der Waals surface area contributed by atoms with Gasteiger partial charge < -0.3 is 14.8 Å². The van der Waals surface area contributed by atoms with Crippen LogP contribution >= 0.6 is 0 Å². The van der Waals surface area contributed by atoms with E-state index in [1.54, 1.807) is 6.92 Å². The van der Waals surface area contributed by atoms with E-state index in [1.807, 2.05) is 0 Å². The molecule has 0 aromatic heterocycles. The molecule has 0 saturated carbocycles. The summed E-state index contributed by atoms with van der Waals surface area (Å²) in [6.45, 7) is 1.59. The first-order chi connectivity index (χ1) is 16.6. The van der Waals surface area contributed by atoms with Gasteiger partial charge in [-0.05, 0) is 66.6 Å². The molecule has 2 N–H and O–H groups in total. The maximum Gasteiger partial charge on any atom is 0.416 e. The fourth-order valence-electron chi connectivity index (χ4n) is 3.16. The number of hydrogen-bond donors (Lipinski definition) is 2. The Balaban J connectivity index is 1.72. The Morgan fingerprint density at radius 1 is 0.861 bits per heavy atom. The molecule has 36 heavy (non-hydrogen) atoms. The van der Waals surface area contributed by atoms with Crippen molar-refractivity contribution < 1.29 is 39.0 Å². The highest BCUT2D eigenvalue weighted by atomic mass is 32.2. The molecule has 3 aromatic carbocycles. The molecule has 13 heteroatoms. The molecule has 0 fully saturated rings. The van der Waals surface area contributed by atoms with Crippen LogP contribution in [0.25, 0.3) is 0 Å². The molecule has 3 aromatic rings. The average molecular weight is 543 g/mol. The predicted octanol–water partition coefficient (Wildman–Crippen LogP) is 4.97. The van der Waals surface area contributed by atoms with Crippen LogP contribution < -0.4 is 14.8 Å². The third-order valence-electron chi connectivity index (χ3n) is 4.78. The Hall–Kier alpha value is -3.58. The molecular weight excluding hydrogens is 521 g/mol. The quantitative estimate of drug-likeness (QED) is 0.407. The van der Waals surface area contributed by atoms with Gasteiger partial charge in [-0.3, -0.25) is 0 Å². The van der Waals surface area contributed by atoms with Crippen LogP contribution in [0.15, 0.2) is 71.6 Å². The standard InChI is InChI=1S/C23H21F3N2O6S2/c1-15-3-8-19(28-22(29)27-18-9-6-17(7-10-18)23(24,25)26)13-21(15)36(32,33)14-16-4-11-20(12-5-16)34-35(2,30)31/h3-13H,14H2,1-2H3,(H2,27,28,29). The van der Waals surface area contributed by atoms with Crippen molar-refractivity contribution in [1.82, 2.24) is 0 Å². The van der Waals surface area contributed by atoms with Crippen molar-refractivity contribution in [2.24, 2.45) is 0 Å². The smallest absolute Gasteiger partial charge is 0.383 e. The SMILES string of the molecule is Cc1ccc(NC(=O)Nc2ccc(C(F)(F)F)cc2)cc1S(=O)(=O)Cc1ccc(OS(C)(=O)=O)cc1. The van der Waals surface area contributed by atoms with Gasteiger partial charge in [-0.25, -0.2) is 13.2 Å². The number of anilines is 2. The van der Waals surface area contributed by atoms with Gasteiger partial charge in [0.25, 0.3) is 0 Å². The maximum absolute atomic E-state index is 13.0. The zero-order valence-corrected chi connectivity index (χ0v) is 20.6. The minimum atomic E-state index is -4.50. The van der Waals surface area contributed by atoms with Gasteiger partial charge in [-0.2, -0.15) is 21.6 Å². The van der Waals surface area contributed by atoms with Crippen molar-refractivity contribution in [3.8, 4) is 5.75 Å². The largest absolute Gasteiger partial charge is 0.416 e. The number of aryl methyl sites for hydroxylation is 1. The number of urea groups is 1. The fraction of sp³-hybridized carbons (Fsp3) is 0.174. The molecule has 192 valence electrons. The van der Waals surface area contributed by atoms with Crippen molar-refractivity contribution in [3.63, 3.8) is 0 Å². The van der Waals surface area contributed by atoms with Gasteiger partial charge in [-0.15, -0.1) is 0 Å². The first kappa shape index (κ1) is 27.0. The van der Waals surface area contributed by atoms with Gasteiger partial charge >= 0.3 is 22.3 Å². The summed E-state index contributed by atoms with van der Waals surface area (Å²) in [5.41, 5.74) is 0.220. The zero-order chi connectivity index (χ0) is 26.7. The molecule has 3 rings (SSSR count). The Morgan fingerprint density at radius 2 is 1.42 bits per heavy atom. The second kappa shape index (κ2) is 10.2. The lowest BCUT2D eigenvalue weighted by molar-refractivity contribution is -0.137. The topological polar surface area (TPSA) is 119 Å². The summed E-state index contributed by atoms with van der Waals surface area (Å²) in [5, 5.41) is 4.84. The van der Waals surface area contributed by atoms with Crippen LogP contribution in [0.1, 0.15) is 16.7 Å². The first-order valence-electron chi connectivity index (χ1n) is 10.2. The Morgan fingerprint density at radius 3 is 1.97 bits per heavy atom. The van der Waals surface area contributed by atoms with Crippen molar-refractivity contribution in [2.75, 3.05) is 16.9 Å². The Bertz CT molecular complexity index is 1470. The second-order valence-electron chi connectivity index (χ2n) is 7.83. The van der Waals surface area contributed by atoms with E-state index in [2.05, 4.69) is 10.6 Å². The monoisotopic (exact) mass is 542 g/mol. The summed E-state index contributed by atoms with van der Waals surface area (Å²) in [4.78, 5) is 12.2. The summed E-state index contributed by atoms with van der Waals surface area (Å²) in [5.74, 6) is -0.353. The Kier molecular flexibility index (Phi) is 7.65. The molecule has 0 unspecified atom stereocenters. The number of carbonyl (C=O) groups is 1. The van der Waals surface area contributed by atoms with Crippen LogP contribution in [0.3, 0.4) is 0 Å². The van der Waals surface area contributed by atoms with E-state index in [0.29, 0.717) is 11.1 Å². The zero-order valence-electron chi connectivity index (χ0n) is 19.0. The minimum absolute atomic E-state index is 0.0358. The first-order valence-corrected chi connectivity index (χ1v) is 13.7. The summed E-state index contributed by atoms with van der Waals surface area (Å²) in [6.07, 6.45) is -3.62. The molecule has 0 atom stereocenters.